The molecule has 2 aliphatic heterocycles. The molecule has 2 aromatic carbocycles. The van der Waals surface area contributed by atoms with Crippen LogP contribution >= 0.6 is 0 Å². The molecule has 29 heavy (non-hydrogen) atoms. The van der Waals surface area contributed by atoms with Gasteiger partial charge in [0, 0.05) is 19.6 Å². The van der Waals surface area contributed by atoms with E-state index >= 15 is 0 Å². The number of hydrogen-bond donors (Lipinski definition) is 1. The lowest BCUT2D eigenvalue weighted by molar-refractivity contribution is 0.0162. The molecule has 2 aliphatic rings. The maximum atomic E-state index is 13.9. The van der Waals surface area contributed by atoms with Gasteiger partial charge in [-0.1, -0.05) is 6.07 Å². The second-order valence-corrected chi connectivity index (χ2v) is 6.71. The Morgan fingerprint density at radius 1 is 1.03 bits per heavy atom. The molecule has 0 aromatic heterocycles. The Balaban J connectivity index is 1.54. The van der Waals surface area contributed by atoms with Crippen LogP contribution in [0.1, 0.15) is 22.0 Å². The first-order valence-corrected chi connectivity index (χ1v) is 9.17. The van der Waals surface area contributed by atoms with E-state index in [1.807, 2.05) is 12.1 Å². The summed E-state index contributed by atoms with van der Waals surface area (Å²) < 4.78 is 56.7. The van der Waals surface area contributed by atoms with Crippen molar-refractivity contribution < 1.29 is 32.2 Å². The Morgan fingerprint density at radius 3 is 2.59 bits per heavy atom. The van der Waals surface area contributed by atoms with E-state index in [0.29, 0.717) is 37.8 Å². The first kappa shape index (κ1) is 19.5. The molecule has 0 radical (unpaired) electrons. The largest absolute Gasteiger partial charge is 0.454 e. The third kappa shape index (κ3) is 4.01. The van der Waals surface area contributed by atoms with E-state index in [1.165, 1.54) is 0 Å². The van der Waals surface area contributed by atoms with Crippen LogP contribution in [-0.2, 0) is 4.74 Å². The Hall–Kier alpha value is -2.78. The fourth-order valence-corrected chi connectivity index (χ4v) is 3.45. The number of nitrogens with zero attached hydrogens (tertiary/aromatic N) is 1. The van der Waals surface area contributed by atoms with Gasteiger partial charge in [-0.2, -0.15) is 0 Å². The quantitative estimate of drug-likeness (QED) is 0.771. The molecule has 0 aliphatic carbocycles. The molecule has 6 nitrogen and oxygen atoms in total. The molecule has 0 bridgehead atoms. The van der Waals surface area contributed by atoms with E-state index in [9.17, 15) is 18.0 Å². The van der Waals surface area contributed by atoms with Gasteiger partial charge in [-0.25, -0.2) is 13.2 Å². The molecule has 0 spiro atoms. The van der Waals surface area contributed by atoms with Gasteiger partial charge >= 0.3 is 0 Å². The number of fused-ring (bicyclic) bond motifs is 1. The van der Waals surface area contributed by atoms with Crippen LogP contribution in [0.25, 0.3) is 0 Å². The predicted molar refractivity (Wildman–Crippen MR) is 96.3 cm³/mol. The highest BCUT2D eigenvalue weighted by Gasteiger charge is 2.26. The van der Waals surface area contributed by atoms with Gasteiger partial charge in [0.1, 0.15) is 0 Å². The SMILES string of the molecule is O=C(NCC(c1ccc2c(c1)OCO2)N1CCOCC1)c1ccc(F)c(F)c1F. The smallest absolute Gasteiger partial charge is 0.254 e. The summed E-state index contributed by atoms with van der Waals surface area (Å²) in [6.45, 7) is 2.67. The number of morpholine rings is 1. The van der Waals surface area contributed by atoms with Crippen LogP contribution in [0, 0.1) is 17.5 Å². The molecule has 2 aromatic rings. The zero-order valence-corrected chi connectivity index (χ0v) is 15.4. The lowest BCUT2D eigenvalue weighted by Gasteiger charge is -2.35. The van der Waals surface area contributed by atoms with Gasteiger partial charge in [-0.05, 0) is 29.8 Å². The first-order chi connectivity index (χ1) is 14.0. The maximum Gasteiger partial charge on any atom is 0.254 e. The molecule has 154 valence electrons. The summed E-state index contributed by atoms with van der Waals surface area (Å²) in [5.74, 6) is -4.08. The fourth-order valence-electron chi connectivity index (χ4n) is 3.45. The van der Waals surface area contributed by atoms with Gasteiger partial charge in [0.2, 0.25) is 6.79 Å². The van der Waals surface area contributed by atoms with Gasteiger partial charge in [-0.3, -0.25) is 9.69 Å². The molecule has 1 saturated heterocycles. The number of hydrogen-bond acceptors (Lipinski definition) is 5. The number of nitrogens with one attached hydrogen (secondary N) is 1. The molecule has 0 saturated carbocycles. The minimum Gasteiger partial charge on any atom is -0.454 e. The van der Waals surface area contributed by atoms with Crippen LogP contribution in [0.15, 0.2) is 30.3 Å². The molecule has 9 heteroatoms. The van der Waals surface area contributed by atoms with Gasteiger partial charge < -0.3 is 19.5 Å². The molecular weight excluding hydrogens is 389 g/mol. The van der Waals surface area contributed by atoms with E-state index in [2.05, 4.69) is 10.2 Å². The average Bonchev–Trinajstić information content (AvgIpc) is 3.21. The van der Waals surface area contributed by atoms with Crippen LogP contribution in [0.5, 0.6) is 11.5 Å². The van der Waals surface area contributed by atoms with E-state index in [-0.39, 0.29) is 19.4 Å². The zero-order chi connectivity index (χ0) is 20.4. The standard InChI is InChI=1S/C20H19F3N2O4/c21-14-3-2-13(18(22)19(14)23)20(26)24-10-15(25-5-7-27-8-6-25)12-1-4-16-17(9-12)29-11-28-16/h1-4,9,15H,5-8,10-11H2,(H,24,26). The third-order valence-electron chi connectivity index (χ3n) is 5.00. The summed E-state index contributed by atoms with van der Waals surface area (Å²) in [6, 6.07) is 6.91. The monoisotopic (exact) mass is 408 g/mol. The number of rotatable bonds is 5. The van der Waals surface area contributed by atoms with E-state index in [1.54, 1.807) is 6.07 Å². The van der Waals surface area contributed by atoms with Gasteiger partial charge in [0.25, 0.3) is 5.91 Å². The molecule has 2 heterocycles. The molecule has 1 atom stereocenters. The Kier molecular flexibility index (Phi) is 5.59. The molecule has 1 N–H and O–H groups in total. The Bertz CT molecular complexity index is 919. The summed E-state index contributed by atoms with van der Waals surface area (Å²) in [4.78, 5) is 14.5. The van der Waals surface area contributed by atoms with Crippen molar-refractivity contribution in [3.05, 3.63) is 58.9 Å². The maximum absolute atomic E-state index is 13.9. The number of halogens is 3. The Morgan fingerprint density at radius 2 is 1.79 bits per heavy atom. The first-order valence-electron chi connectivity index (χ1n) is 9.17. The number of ether oxygens (including phenoxy) is 3. The molecule has 1 amide bonds. The van der Waals surface area contributed by atoms with Crippen molar-refractivity contribution in [1.29, 1.82) is 0 Å². The van der Waals surface area contributed by atoms with Crippen molar-refractivity contribution in [2.45, 2.75) is 6.04 Å². The van der Waals surface area contributed by atoms with Crippen molar-refractivity contribution in [3.63, 3.8) is 0 Å². The van der Waals surface area contributed by atoms with Crippen LogP contribution in [0.3, 0.4) is 0 Å². The fraction of sp³-hybridized carbons (Fsp3) is 0.350. The van der Waals surface area contributed by atoms with Crippen LogP contribution in [0.2, 0.25) is 0 Å². The second-order valence-electron chi connectivity index (χ2n) is 6.71. The van der Waals surface area contributed by atoms with Gasteiger partial charge in [0.15, 0.2) is 29.0 Å². The summed E-state index contributed by atoms with van der Waals surface area (Å²) in [5.41, 5.74) is 0.331. The van der Waals surface area contributed by atoms with E-state index in [0.717, 1.165) is 17.7 Å². The highest BCUT2D eigenvalue weighted by Crippen LogP contribution is 2.35. The van der Waals surface area contributed by atoms with Crippen molar-refractivity contribution in [2.24, 2.45) is 0 Å². The van der Waals surface area contributed by atoms with Crippen molar-refractivity contribution in [1.82, 2.24) is 10.2 Å². The highest BCUT2D eigenvalue weighted by molar-refractivity contribution is 5.94. The van der Waals surface area contributed by atoms with Crippen molar-refractivity contribution in [2.75, 3.05) is 39.6 Å². The number of carbonyl (C=O) groups is 1. The highest BCUT2D eigenvalue weighted by atomic mass is 19.2. The predicted octanol–water partition coefficient (Wildman–Crippen LogP) is 2.64. The summed E-state index contributed by atoms with van der Waals surface area (Å²) in [6.07, 6.45) is 0. The van der Waals surface area contributed by atoms with Crippen LogP contribution in [0.4, 0.5) is 13.2 Å². The number of benzene rings is 2. The van der Waals surface area contributed by atoms with Crippen LogP contribution in [-0.4, -0.2) is 50.4 Å². The molecular formula is C20H19F3N2O4. The number of amides is 1. The second kappa shape index (κ2) is 8.30. The van der Waals surface area contributed by atoms with Crippen molar-refractivity contribution in [3.8, 4) is 11.5 Å². The zero-order valence-electron chi connectivity index (χ0n) is 15.4. The topological polar surface area (TPSA) is 60.0 Å². The lowest BCUT2D eigenvalue weighted by atomic mass is 10.0. The van der Waals surface area contributed by atoms with Crippen molar-refractivity contribution >= 4 is 5.91 Å². The Labute approximate surface area is 165 Å². The van der Waals surface area contributed by atoms with Gasteiger partial charge in [-0.15, -0.1) is 0 Å². The normalized spacial score (nSPS) is 17.2. The number of carbonyl (C=O) groups excluding carboxylic acids is 1. The molecule has 1 fully saturated rings. The van der Waals surface area contributed by atoms with Crippen LogP contribution < -0.4 is 14.8 Å². The molecule has 4 rings (SSSR count). The van der Waals surface area contributed by atoms with E-state index in [4.69, 9.17) is 14.2 Å². The minimum absolute atomic E-state index is 0.136. The summed E-state index contributed by atoms with van der Waals surface area (Å²) >= 11 is 0. The molecule has 1 unspecified atom stereocenters. The summed E-state index contributed by atoms with van der Waals surface area (Å²) in [7, 11) is 0. The summed E-state index contributed by atoms with van der Waals surface area (Å²) in [5, 5.41) is 2.63. The van der Waals surface area contributed by atoms with Gasteiger partial charge in [0.05, 0.1) is 24.8 Å². The van der Waals surface area contributed by atoms with E-state index < -0.39 is 28.9 Å². The third-order valence-corrected chi connectivity index (χ3v) is 5.00. The lowest BCUT2D eigenvalue weighted by Crippen LogP contribution is -2.44. The minimum atomic E-state index is -1.67. The average molecular weight is 408 g/mol.